The molecule has 0 radical (unpaired) electrons. The number of hydrogen-bond donors (Lipinski definition) is 1. The predicted octanol–water partition coefficient (Wildman–Crippen LogP) is 3.41. The molecule has 1 aromatic heterocycles. The van der Waals surface area contributed by atoms with Crippen LogP contribution in [0.5, 0.6) is 0 Å². The first-order valence-electron chi connectivity index (χ1n) is 7.68. The Balaban J connectivity index is 1.54. The van der Waals surface area contributed by atoms with Crippen LogP contribution in [0.15, 0.2) is 54.0 Å². The third-order valence-corrected chi connectivity index (χ3v) is 4.28. The standard InChI is InChI=1S/C18H18N4/c19-18-17-14(4-1-2-10-22-11-9-20-12-22)8-7-13-5-3-6-15(21-18)16(13)17/h3,5-9,11-12H,1-2,4,10H2,(H2,19,21). The summed E-state index contributed by atoms with van der Waals surface area (Å²) < 4.78 is 2.12. The van der Waals surface area contributed by atoms with E-state index >= 15 is 0 Å². The number of unbranched alkanes of at least 4 members (excludes halogenated alkanes) is 1. The van der Waals surface area contributed by atoms with Crippen LogP contribution in [0.4, 0.5) is 5.69 Å². The van der Waals surface area contributed by atoms with E-state index in [-0.39, 0.29) is 0 Å². The van der Waals surface area contributed by atoms with Crippen molar-refractivity contribution in [3.8, 4) is 0 Å². The Morgan fingerprint density at radius 1 is 1.09 bits per heavy atom. The molecule has 1 aliphatic heterocycles. The molecule has 3 aromatic rings. The first kappa shape index (κ1) is 13.1. The number of rotatable bonds is 5. The van der Waals surface area contributed by atoms with Gasteiger partial charge in [-0.15, -0.1) is 0 Å². The summed E-state index contributed by atoms with van der Waals surface area (Å²) >= 11 is 0. The summed E-state index contributed by atoms with van der Waals surface area (Å²) in [5, 5.41) is 2.44. The normalized spacial score (nSPS) is 12.8. The molecule has 2 N–H and O–H groups in total. The van der Waals surface area contributed by atoms with Gasteiger partial charge in [0.15, 0.2) is 0 Å². The molecule has 0 saturated heterocycles. The van der Waals surface area contributed by atoms with Gasteiger partial charge in [-0.25, -0.2) is 9.98 Å². The van der Waals surface area contributed by atoms with Crippen LogP contribution >= 0.6 is 0 Å². The summed E-state index contributed by atoms with van der Waals surface area (Å²) in [5.74, 6) is 0.663. The number of hydrogen-bond acceptors (Lipinski definition) is 3. The summed E-state index contributed by atoms with van der Waals surface area (Å²) in [7, 11) is 0. The lowest BCUT2D eigenvalue weighted by Gasteiger charge is -2.09. The van der Waals surface area contributed by atoms with Crippen molar-refractivity contribution in [2.75, 3.05) is 0 Å². The van der Waals surface area contributed by atoms with Gasteiger partial charge in [0.25, 0.3) is 0 Å². The second-order valence-electron chi connectivity index (χ2n) is 5.73. The number of aryl methyl sites for hydroxylation is 2. The summed E-state index contributed by atoms with van der Waals surface area (Å²) in [6, 6.07) is 10.6. The van der Waals surface area contributed by atoms with Gasteiger partial charge in [-0.1, -0.05) is 24.3 Å². The van der Waals surface area contributed by atoms with Gasteiger partial charge in [0.1, 0.15) is 5.84 Å². The van der Waals surface area contributed by atoms with Crippen molar-refractivity contribution >= 4 is 22.3 Å². The van der Waals surface area contributed by atoms with E-state index in [1.807, 2.05) is 30.9 Å². The van der Waals surface area contributed by atoms with Crippen LogP contribution in [0, 0.1) is 0 Å². The molecule has 0 saturated carbocycles. The zero-order chi connectivity index (χ0) is 14.9. The van der Waals surface area contributed by atoms with E-state index in [4.69, 9.17) is 5.73 Å². The van der Waals surface area contributed by atoms with Gasteiger partial charge < -0.3 is 10.3 Å². The lowest BCUT2D eigenvalue weighted by molar-refractivity contribution is 0.609. The number of benzene rings is 2. The van der Waals surface area contributed by atoms with Crippen LogP contribution in [0.3, 0.4) is 0 Å². The SMILES string of the molecule is NC1=Nc2cccc3ccc(CCCCn4ccnc4)c1c23. The fourth-order valence-electron chi connectivity index (χ4n) is 3.21. The van der Waals surface area contributed by atoms with Crippen LogP contribution in [0.25, 0.3) is 10.8 Å². The van der Waals surface area contributed by atoms with Gasteiger partial charge in [-0.3, -0.25) is 0 Å². The lowest BCUT2D eigenvalue weighted by atomic mass is 9.95. The van der Waals surface area contributed by atoms with E-state index in [2.05, 4.69) is 32.7 Å². The molecule has 0 aliphatic carbocycles. The number of imidazole rings is 1. The van der Waals surface area contributed by atoms with Gasteiger partial charge in [0.2, 0.25) is 0 Å². The average molecular weight is 290 g/mol. The quantitative estimate of drug-likeness (QED) is 0.732. The van der Waals surface area contributed by atoms with E-state index in [0.717, 1.165) is 37.1 Å². The molecular formula is C18H18N4. The molecule has 0 spiro atoms. The molecule has 4 heteroatoms. The highest BCUT2D eigenvalue weighted by atomic mass is 15.0. The molecular weight excluding hydrogens is 272 g/mol. The molecule has 0 unspecified atom stereocenters. The van der Waals surface area contributed by atoms with Crippen LogP contribution in [-0.4, -0.2) is 15.4 Å². The van der Waals surface area contributed by atoms with E-state index in [1.54, 1.807) is 0 Å². The van der Waals surface area contributed by atoms with Crippen molar-refractivity contribution in [1.82, 2.24) is 9.55 Å². The van der Waals surface area contributed by atoms with Crippen molar-refractivity contribution in [2.45, 2.75) is 25.8 Å². The zero-order valence-corrected chi connectivity index (χ0v) is 12.4. The van der Waals surface area contributed by atoms with E-state index in [1.165, 1.54) is 16.3 Å². The number of aliphatic imine (C=N–C) groups is 1. The van der Waals surface area contributed by atoms with Gasteiger partial charge in [-0.2, -0.15) is 0 Å². The molecule has 0 amide bonds. The molecule has 4 rings (SSSR count). The van der Waals surface area contributed by atoms with Gasteiger partial charge >= 0.3 is 0 Å². The summed E-state index contributed by atoms with van der Waals surface area (Å²) in [6.07, 6.45) is 8.99. The number of nitrogens with two attached hydrogens (primary N) is 1. The number of aromatic nitrogens is 2. The molecule has 1 aliphatic rings. The molecule has 0 atom stereocenters. The molecule has 0 bridgehead atoms. The maximum atomic E-state index is 6.16. The minimum Gasteiger partial charge on any atom is -0.383 e. The monoisotopic (exact) mass is 290 g/mol. The van der Waals surface area contributed by atoms with E-state index in [9.17, 15) is 0 Å². The summed E-state index contributed by atoms with van der Waals surface area (Å²) in [4.78, 5) is 8.58. The molecule has 0 fully saturated rings. The number of amidine groups is 1. The minimum absolute atomic E-state index is 0.663. The summed E-state index contributed by atoms with van der Waals surface area (Å²) in [5.41, 5.74) is 9.62. The zero-order valence-electron chi connectivity index (χ0n) is 12.4. The Bertz CT molecular complexity index is 847. The Morgan fingerprint density at radius 2 is 2.05 bits per heavy atom. The van der Waals surface area contributed by atoms with Crippen LogP contribution in [-0.2, 0) is 13.0 Å². The molecule has 2 aromatic carbocycles. The smallest absolute Gasteiger partial charge is 0.132 e. The maximum Gasteiger partial charge on any atom is 0.132 e. The van der Waals surface area contributed by atoms with Crippen molar-refractivity contribution < 1.29 is 0 Å². The predicted molar refractivity (Wildman–Crippen MR) is 89.5 cm³/mol. The highest BCUT2D eigenvalue weighted by Crippen LogP contribution is 2.36. The fourth-order valence-corrected chi connectivity index (χ4v) is 3.21. The van der Waals surface area contributed by atoms with Crippen LogP contribution < -0.4 is 5.73 Å². The third-order valence-electron chi connectivity index (χ3n) is 4.28. The van der Waals surface area contributed by atoms with Gasteiger partial charge in [0.05, 0.1) is 12.0 Å². The average Bonchev–Trinajstić information content (AvgIpc) is 3.15. The number of nitrogens with zero attached hydrogens (tertiary/aromatic N) is 3. The van der Waals surface area contributed by atoms with Crippen molar-refractivity contribution in [3.05, 3.63) is 60.2 Å². The van der Waals surface area contributed by atoms with E-state index < -0.39 is 0 Å². The van der Waals surface area contributed by atoms with Crippen LogP contribution in [0.1, 0.15) is 24.0 Å². The fraction of sp³-hybridized carbons (Fsp3) is 0.222. The Morgan fingerprint density at radius 3 is 2.91 bits per heavy atom. The highest BCUT2D eigenvalue weighted by molar-refractivity contribution is 6.19. The molecule has 22 heavy (non-hydrogen) atoms. The Labute approximate surface area is 129 Å². The van der Waals surface area contributed by atoms with Crippen molar-refractivity contribution in [2.24, 2.45) is 10.7 Å². The topological polar surface area (TPSA) is 56.2 Å². The second kappa shape index (κ2) is 5.30. The van der Waals surface area contributed by atoms with Crippen LogP contribution in [0.2, 0.25) is 0 Å². The Kier molecular flexibility index (Phi) is 3.15. The first-order valence-corrected chi connectivity index (χ1v) is 7.68. The maximum absolute atomic E-state index is 6.16. The molecule has 2 heterocycles. The third kappa shape index (κ3) is 2.17. The molecule has 110 valence electrons. The second-order valence-corrected chi connectivity index (χ2v) is 5.73. The largest absolute Gasteiger partial charge is 0.383 e. The highest BCUT2D eigenvalue weighted by Gasteiger charge is 2.19. The van der Waals surface area contributed by atoms with Gasteiger partial charge in [-0.05, 0) is 36.3 Å². The lowest BCUT2D eigenvalue weighted by Crippen LogP contribution is -2.13. The first-order chi connectivity index (χ1) is 10.8. The van der Waals surface area contributed by atoms with E-state index in [0.29, 0.717) is 5.84 Å². The van der Waals surface area contributed by atoms with Gasteiger partial charge in [0, 0.05) is 29.9 Å². The van der Waals surface area contributed by atoms with Crippen molar-refractivity contribution in [1.29, 1.82) is 0 Å². The molecule has 4 nitrogen and oxygen atoms in total. The Hall–Kier alpha value is -2.62. The minimum atomic E-state index is 0.663. The summed E-state index contributed by atoms with van der Waals surface area (Å²) in [6.45, 7) is 1.01. The van der Waals surface area contributed by atoms with Crippen molar-refractivity contribution in [3.63, 3.8) is 0 Å².